The maximum absolute atomic E-state index is 14.9. The first-order valence-corrected chi connectivity index (χ1v) is 13.5. The number of Topliss-reactive ketones (excluding diaryl/α,β-unsaturated/α-hetero) is 1. The Morgan fingerprint density at radius 3 is 2.29 bits per heavy atom. The quantitative estimate of drug-likeness (QED) is 0.140. The lowest BCUT2D eigenvalue weighted by molar-refractivity contribution is -0.275. The van der Waals surface area contributed by atoms with Crippen LogP contribution in [0.1, 0.15) is 60.3 Å². The molecule has 236 valence electrons. The number of halogens is 5. The highest BCUT2D eigenvalue weighted by Gasteiger charge is 2.33. The SMILES string of the molecule is CC(C)(C)OC(=O)Nc1cc(C(=O)C[C@@H](c2ccc(OC(F)(F)F)c(F)c2)c2ncccc2F)cnc1OCc1ccccc1. The van der Waals surface area contributed by atoms with Gasteiger partial charge in [-0.3, -0.25) is 15.1 Å². The third-order valence-electron chi connectivity index (χ3n) is 6.12. The Balaban J connectivity index is 1.66. The number of nitrogens with zero attached hydrogens (tertiary/aromatic N) is 2. The van der Waals surface area contributed by atoms with Crippen LogP contribution >= 0.6 is 0 Å². The lowest BCUT2D eigenvalue weighted by atomic mass is 9.88. The van der Waals surface area contributed by atoms with Crippen molar-refractivity contribution >= 4 is 17.6 Å². The zero-order chi connectivity index (χ0) is 32.8. The third-order valence-corrected chi connectivity index (χ3v) is 6.12. The molecule has 0 radical (unpaired) electrons. The fourth-order valence-corrected chi connectivity index (χ4v) is 4.22. The van der Waals surface area contributed by atoms with E-state index >= 15 is 0 Å². The van der Waals surface area contributed by atoms with Gasteiger partial charge in [0.1, 0.15) is 23.7 Å². The van der Waals surface area contributed by atoms with Gasteiger partial charge in [-0.1, -0.05) is 36.4 Å². The monoisotopic (exact) mass is 629 g/mol. The number of rotatable bonds is 10. The largest absolute Gasteiger partial charge is 0.573 e. The number of alkyl halides is 3. The van der Waals surface area contributed by atoms with E-state index in [-0.39, 0.29) is 35.0 Å². The summed E-state index contributed by atoms with van der Waals surface area (Å²) < 4.78 is 82.3. The number of ether oxygens (including phenoxy) is 3. The minimum absolute atomic E-state index is 0.00583. The number of amides is 1. The van der Waals surface area contributed by atoms with Crippen LogP contribution in [-0.2, 0) is 11.3 Å². The molecule has 8 nitrogen and oxygen atoms in total. The Morgan fingerprint density at radius 2 is 1.64 bits per heavy atom. The molecule has 0 unspecified atom stereocenters. The fourth-order valence-electron chi connectivity index (χ4n) is 4.22. The van der Waals surface area contributed by atoms with Gasteiger partial charge in [0.05, 0.1) is 5.69 Å². The first-order valence-electron chi connectivity index (χ1n) is 13.5. The molecule has 4 aromatic rings. The number of anilines is 1. The first kappa shape index (κ1) is 32.8. The molecule has 0 saturated heterocycles. The van der Waals surface area contributed by atoms with Crippen LogP contribution < -0.4 is 14.8 Å². The van der Waals surface area contributed by atoms with Crippen molar-refractivity contribution in [3.63, 3.8) is 0 Å². The maximum Gasteiger partial charge on any atom is 0.573 e. The topological polar surface area (TPSA) is 99.6 Å². The molecule has 0 spiro atoms. The summed E-state index contributed by atoms with van der Waals surface area (Å²) in [5.41, 5.74) is -0.333. The van der Waals surface area contributed by atoms with Crippen LogP contribution in [0.15, 0.2) is 79.1 Å². The molecule has 2 heterocycles. The van der Waals surface area contributed by atoms with Gasteiger partial charge in [-0.25, -0.2) is 18.6 Å². The number of nitrogens with one attached hydrogen (secondary N) is 1. The van der Waals surface area contributed by atoms with Crippen molar-refractivity contribution in [3.05, 3.63) is 113 Å². The van der Waals surface area contributed by atoms with E-state index in [2.05, 4.69) is 20.0 Å². The number of benzene rings is 2. The number of aromatic nitrogens is 2. The van der Waals surface area contributed by atoms with Crippen molar-refractivity contribution < 1.29 is 45.8 Å². The summed E-state index contributed by atoms with van der Waals surface area (Å²) in [6.45, 7) is 5.09. The van der Waals surface area contributed by atoms with Gasteiger partial charge in [0, 0.05) is 30.3 Å². The van der Waals surface area contributed by atoms with E-state index < -0.39 is 53.6 Å². The van der Waals surface area contributed by atoms with Crippen molar-refractivity contribution in [2.75, 3.05) is 5.32 Å². The normalized spacial score (nSPS) is 12.3. The van der Waals surface area contributed by atoms with Gasteiger partial charge in [-0.2, -0.15) is 0 Å². The fraction of sp³-hybridized carbons (Fsp3) is 0.250. The van der Waals surface area contributed by atoms with E-state index in [0.717, 1.165) is 29.8 Å². The second kappa shape index (κ2) is 13.7. The van der Waals surface area contributed by atoms with Crippen molar-refractivity contribution in [2.45, 2.75) is 51.7 Å². The summed E-state index contributed by atoms with van der Waals surface area (Å²) in [4.78, 5) is 34.4. The average molecular weight is 630 g/mol. The Kier molecular flexibility index (Phi) is 10.00. The number of hydrogen-bond acceptors (Lipinski definition) is 7. The van der Waals surface area contributed by atoms with Gasteiger partial charge in [0.15, 0.2) is 17.3 Å². The predicted molar refractivity (Wildman–Crippen MR) is 153 cm³/mol. The molecule has 0 bridgehead atoms. The minimum atomic E-state index is -5.14. The third kappa shape index (κ3) is 9.46. The Hall–Kier alpha value is -5.07. The molecule has 0 aliphatic heterocycles. The van der Waals surface area contributed by atoms with Crippen molar-refractivity contribution in [3.8, 4) is 11.6 Å². The molecule has 0 saturated carbocycles. The van der Waals surface area contributed by atoms with Crippen molar-refractivity contribution in [2.24, 2.45) is 0 Å². The van der Waals surface area contributed by atoms with E-state index in [1.807, 2.05) is 30.3 Å². The van der Waals surface area contributed by atoms with E-state index in [1.165, 1.54) is 24.5 Å². The second-order valence-electron chi connectivity index (χ2n) is 10.8. The molecule has 0 aliphatic rings. The molecule has 1 amide bonds. The molecule has 1 N–H and O–H groups in total. The van der Waals surface area contributed by atoms with Gasteiger partial charge in [0.2, 0.25) is 5.88 Å². The molecule has 1 atom stereocenters. The summed E-state index contributed by atoms with van der Waals surface area (Å²) in [7, 11) is 0. The average Bonchev–Trinajstić information content (AvgIpc) is 2.95. The van der Waals surface area contributed by atoms with Crippen LogP contribution in [0.3, 0.4) is 0 Å². The van der Waals surface area contributed by atoms with Gasteiger partial charge in [-0.15, -0.1) is 13.2 Å². The number of carbonyl (C=O) groups excluding carboxylic acids is 2. The summed E-state index contributed by atoms with van der Waals surface area (Å²) in [5.74, 6) is -5.15. The Morgan fingerprint density at radius 1 is 0.911 bits per heavy atom. The van der Waals surface area contributed by atoms with Crippen LogP contribution in [0.2, 0.25) is 0 Å². The smallest absolute Gasteiger partial charge is 0.471 e. The van der Waals surface area contributed by atoms with E-state index in [4.69, 9.17) is 9.47 Å². The Bertz CT molecular complexity index is 1660. The van der Waals surface area contributed by atoms with Crippen LogP contribution in [0.5, 0.6) is 11.6 Å². The van der Waals surface area contributed by atoms with Crippen molar-refractivity contribution in [1.29, 1.82) is 0 Å². The molecule has 0 fully saturated rings. The lowest BCUT2D eigenvalue weighted by Crippen LogP contribution is -2.27. The molecule has 0 aliphatic carbocycles. The summed E-state index contributed by atoms with van der Waals surface area (Å²) in [6.07, 6.45) is -4.03. The predicted octanol–water partition coefficient (Wildman–Crippen LogP) is 7.98. The summed E-state index contributed by atoms with van der Waals surface area (Å²) in [6, 6.07) is 15.3. The van der Waals surface area contributed by atoms with Crippen LogP contribution in [0.25, 0.3) is 0 Å². The summed E-state index contributed by atoms with van der Waals surface area (Å²) in [5, 5.41) is 2.53. The highest BCUT2D eigenvalue weighted by Crippen LogP contribution is 2.34. The van der Waals surface area contributed by atoms with Gasteiger partial charge in [0.25, 0.3) is 0 Å². The molecule has 2 aromatic heterocycles. The van der Waals surface area contributed by atoms with Crippen molar-refractivity contribution in [1.82, 2.24) is 9.97 Å². The first-order chi connectivity index (χ1) is 21.2. The molecule has 4 rings (SSSR count). The molecular weight excluding hydrogens is 601 g/mol. The molecular formula is C32H28F5N3O5. The van der Waals surface area contributed by atoms with Gasteiger partial charge in [-0.05, 0) is 62.2 Å². The zero-order valence-corrected chi connectivity index (χ0v) is 24.3. The molecule has 2 aromatic carbocycles. The second-order valence-corrected chi connectivity index (χ2v) is 10.8. The Labute approximate surface area is 255 Å². The maximum atomic E-state index is 14.9. The van der Waals surface area contributed by atoms with Crippen LogP contribution in [0.4, 0.5) is 32.4 Å². The number of carbonyl (C=O) groups is 2. The lowest BCUT2D eigenvalue weighted by Gasteiger charge is -2.21. The zero-order valence-electron chi connectivity index (χ0n) is 24.3. The van der Waals surface area contributed by atoms with E-state index in [1.54, 1.807) is 20.8 Å². The summed E-state index contributed by atoms with van der Waals surface area (Å²) >= 11 is 0. The van der Waals surface area contributed by atoms with E-state index in [0.29, 0.717) is 0 Å². The highest BCUT2D eigenvalue weighted by atomic mass is 19.4. The minimum Gasteiger partial charge on any atom is -0.471 e. The number of hydrogen-bond donors (Lipinski definition) is 1. The van der Waals surface area contributed by atoms with E-state index in [9.17, 15) is 31.5 Å². The highest BCUT2D eigenvalue weighted by molar-refractivity contribution is 5.98. The van der Waals surface area contributed by atoms with Crippen LogP contribution in [0, 0.1) is 11.6 Å². The molecule has 13 heteroatoms. The number of ketones is 1. The van der Waals surface area contributed by atoms with Gasteiger partial charge >= 0.3 is 12.5 Å². The van der Waals surface area contributed by atoms with Crippen LogP contribution in [-0.4, -0.2) is 33.8 Å². The number of pyridine rings is 2. The molecule has 45 heavy (non-hydrogen) atoms. The van der Waals surface area contributed by atoms with Gasteiger partial charge < -0.3 is 14.2 Å². The standard InChI is InChI=1S/C32H28F5N3O5/c1-31(2,3)45-30(42)40-25-15-21(17-39-29(25)43-18-19-8-5-4-6-9-19)26(41)16-22(28-23(33)10-7-13-38-28)20-11-12-27(24(34)14-20)44-32(35,36)37/h4-15,17,22H,16,18H2,1-3H3,(H,40,42)/t22-/m0/s1.